The minimum Gasteiger partial charge on any atom is -0.506 e. The van der Waals surface area contributed by atoms with E-state index >= 15 is 0 Å². The van der Waals surface area contributed by atoms with E-state index < -0.39 is 5.97 Å². The van der Waals surface area contributed by atoms with Gasteiger partial charge in [-0.05, 0) is 72.4 Å². The molecule has 3 aromatic rings. The van der Waals surface area contributed by atoms with E-state index in [1.54, 1.807) is 19.2 Å². The van der Waals surface area contributed by atoms with Crippen molar-refractivity contribution in [2.75, 3.05) is 0 Å². The van der Waals surface area contributed by atoms with Crippen LogP contribution in [-0.2, 0) is 4.79 Å². The number of aromatic hydroxyl groups is 1. The molecule has 0 atom stereocenters. The van der Waals surface area contributed by atoms with E-state index in [0.717, 1.165) is 44.3 Å². The Morgan fingerprint density at radius 2 is 1.88 bits per heavy atom. The van der Waals surface area contributed by atoms with Crippen molar-refractivity contribution >= 4 is 22.4 Å². The van der Waals surface area contributed by atoms with Gasteiger partial charge >= 0.3 is 5.97 Å². The van der Waals surface area contributed by atoms with Crippen LogP contribution >= 0.6 is 0 Å². The number of carboxylic acid groups (broad SMARTS) is 1. The third kappa shape index (κ3) is 2.78. The Balaban J connectivity index is 2.15. The van der Waals surface area contributed by atoms with Crippen LogP contribution in [0.1, 0.15) is 23.6 Å². The summed E-state index contributed by atoms with van der Waals surface area (Å²) in [4.78, 5) is 13.9. The normalized spacial score (nSPS) is 11.9. The monoisotopic (exact) mass is 321 g/mol. The summed E-state index contributed by atoms with van der Waals surface area (Å²) in [6, 6.07) is 9.75. The van der Waals surface area contributed by atoms with Crippen LogP contribution in [-0.4, -0.2) is 21.2 Å². The Morgan fingerprint density at radius 1 is 1.12 bits per heavy atom. The third-order valence-corrected chi connectivity index (χ3v) is 4.29. The molecule has 4 heteroatoms. The standard InChI is InChI=1S/C20H19NO3/c1-11-7-17(12(2)6-16(11)13(3)8-19(23)24)15-9-14-4-5-21-20(14)18(22)10-15/h4-10,21-22H,1-3H3,(H,23,24). The van der Waals surface area contributed by atoms with E-state index in [2.05, 4.69) is 4.98 Å². The Bertz CT molecular complexity index is 980. The fourth-order valence-corrected chi connectivity index (χ4v) is 3.12. The van der Waals surface area contributed by atoms with E-state index in [1.165, 1.54) is 6.08 Å². The lowest BCUT2D eigenvalue weighted by Crippen LogP contribution is -1.95. The SMILES string of the molecule is CC(=CC(=O)O)c1cc(C)c(-c2cc(O)c3[nH]ccc3c2)cc1C. The van der Waals surface area contributed by atoms with Crippen LogP contribution in [0.15, 0.2) is 42.6 Å². The van der Waals surface area contributed by atoms with E-state index in [4.69, 9.17) is 5.11 Å². The van der Waals surface area contributed by atoms with Gasteiger partial charge < -0.3 is 15.2 Å². The van der Waals surface area contributed by atoms with Gasteiger partial charge in [0, 0.05) is 17.7 Å². The molecule has 1 aromatic heterocycles. The summed E-state index contributed by atoms with van der Waals surface area (Å²) in [5, 5.41) is 20.1. The van der Waals surface area contributed by atoms with Crippen LogP contribution in [0.5, 0.6) is 5.75 Å². The quantitative estimate of drug-likeness (QED) is 0.615. The largest absolute Gasteiger partial charge is 0.506 e. The lowest BCUT2D eigenvalue weighted by Gasteiger charge is -2.13. The average molecular weight is 321 g/mol. The summed E-state index contributed by atoms with van der Waals surface area (Å²) in [7, 11) is 0. The molecule has 0 aliphatic rings. The highest BCUT2D eigenvalue weighted by atomic mass is 16.4. The number of aromatic nitrogens is 1. The summed E-state index contributed by atoms with van der Waals surface area (Å²) in [6.45, 7) is 5.75. The molecule has 122 valence electrons. The molecule has 0 bridgehead atoms. The minimum atomic E-state index is -0.948. The number of hydrogen-bond donors (Lipinski definition) is 3. The number of phenols is 1. The second-order valence-corrected chi connectivity index (χ2v) is 6.08. The van der Waals surface area contributed by atoms with E-state index in [9.17, 15) is 9.90 Å². The second-order valence-electron chi connectivity index (χ2n) is 6.08. The number of hydrogen-bond acceptors (Lipinski definition) is 2. The number of carbonyl (C=O) groups is 1. The van der Waals surface area contributed by atoms with Crippen molar-refractivity contribution in [3.8, 4) is 16.9 Å². The molecule has 0 spiro atoms. The molecular formula is C20H19NO3. The van der Waals surface area contributed by atoms with Crippen molar-refractivity contribution in [3.63, 3.8) is 0 Å². The fourth-order valence-electron chi connectivity index (χ4n) is 3.12. The number of carboxylic acids is 1. The molecule has 0 aliphatic carbocycles. The molecule has 4 nitrogen and oxygen atoms in total. The van der Waals surface area contributed by atoms with E-state index in [-0.39, 0.29) is 5.75 Å². The first kappa shape index (κ1) is 15.9. The average Bonchev–Trinajstić information content (AvgIpc) is 2.97. The summed E-state index contributed by atoms with van der Waals surface area (Å²) in [5.41, 5.74) is 6.36. The number of rotatable bonds is 3. The van der Waals surface area contributed by atoms with Crippen molar-refractivity contribution < 1.29 is 15.0 Å². The number of allylic oxidation sites excluding steroid dienone is 1. The molecule has 1 heterocycles. The molecule has 0 aliphatic heterocycles. The lowest BCUT2D eigenvalue weighted by molar-refractivity contribution is -0.131. The molecule has 0 amide bonds. The maximum Gasteiger partial charge on any atom is 0.328 e. The Kier molecular flexibility index (Phi) is 3.89. The van der Waals surface area contributed by atoms with Gasteiger partial charge in [-0.3, -0.25) is 0 Å². The maximum atomic E-state index is 10.9. The molecule has 24 heavy (non-hydrogen) atoms. The number of aromatic amines is 1. The van der Waals surface area contributed by atoms with Gasteiger partial charge in [0.05, 0.1) is 5.52 Å². The second kappa shape index (κ2) is 5.89. The summed E-state index contributed by atoms with van der Waals surface area (Å²) in [6.07, 6.45) is 3.02. The van der Waals surface area contributed by atoms with Gasteiger partial charge in [-0.2, -0.15) is 0 Å². The minimum absolute atomic E-state index is 0.218. The number of nitrogens with one attached hydrogen (secondary N) is 1. The molecule has 0 unspecified atom stereocenters. The van der Waals surface area contributed by atoms with Gasteiger partial charge in [0.2, 0.25) is 0 Å². The number of phenolic OH excluding ortho intramolecular Hbond substituents is 1. The van der Waals surface area contributed by atoms with Gasteiger partial charge in [-0.15, -0.1) is 0 Å². The van der Waals surface area contributed by atoms with Gasteiger partial charge in [0.15, 0.2) is 0 Å². The predicted molar refractivity (Wildman–Crippen MR) is 96.2 cm³/mol. The van der Waals surface area contributed by atoms with Crippen LogP contribution < -0.4 is 0 Å². The summed E-state index contributed by atoms with van der Waals surface area (Å²) in [5.74, 6) is -0.730. The number of fused-ring (bicyclic) bond motifs is 1. The van der Waals surface area contributed by atoms with Crippen molar-refractivity contribution in [2.45, 2.75) is 20.8 Å². The van der Waals surface area contributed by atoms with Gasteiger partial charge in [-0.1, -0.05) is 12.1 Å². The van der Waals surface area contributed by atoms with Crippen LogP contribution in [0.4, 0.5) is 0 Å². The van der Waals surface area contributed by atoms with E-state index in [1.807, 2.05) is 38.1 Å². The van der Waals surface area contributed by atoms with Crippen molar-refractivity contribution in [1.29, 1.82) is 0 Å². The molecule has 0 saturated carbocycles. The Morgan fingerprint density at radius 3 is 2.58 bits per heavy atom. The number of aliphatic carboxylic acids is 1. The first-order chi connectivity index (χ1) is 11.4. The predicted octanol–water partition coefficient (Wildman–Crippen LogP) is 4.65. The van der Waals surface area contributed by atoms with Crippen LogP contribution in [0.25, 0.3) is 27.6 Å². The molecule has 0 saturated heterocycles. The highest BCUT2D eigenvalue weighted by Crippen LogP contribution is 2.34. The highest BCUT2D eigenvalue weighted by Gasteiger charge is 2.11. The van der Waals surface area contributed by atoms with Crippen LogP contribution in [0, 0.1) is 13.8 Å². The first-order valence-corrected chi connectivity index (χ1v) is 7.70. The third-order valence-electron chi connectivity index (χ3n) is 4.29. The zero-order valence-electron chi connectivity index (χ0n) is 13.8. The van der Waals surface area contributed by atoms with Gasteiger partial charge in [-0.25, -0.2) is 4.79 Å². The van der Waals surface area contributed by atoms with Gasteiger partial charge in [0.25, 0.3) is 0 Å². The molecule has 0 fully saturated rings. The topological polar surface area (TPSA) is 73.3 Å². The fraction of sp³-hybridized carbons (Fsp3) is 0.150. The molecule has 0 radical (unpaired) electrons. The number of H-pyrrole nitrogens is 1. The summed E-state index contributed by atoms with van der Waals surface area (Å²) < 4.78 is 0. The van der Waals surface area contributed by atoms with E-state index in [0.29, 0.717) is 0 Å². The smallest absolute Gasteiger partial charge is 0.328 e. The van der Waals surface area contributed by atoms with Crippen molar-refractivity contribution in [3.05, 3.63) is 59.3 Å². The molecule has 3 N–H and O–H groups in total. The zero-order valence-corrected chi connectivity index (χ0v) is 13.8. The van der Waals surface area contributed by atoms with Crippen molar-refractivity contribution in [1.82, 2.24) is 4.98 Å². The molecular weight excluding hydrogens is 302 g/mol. The van der Waals surface area contributed by atoms with Crippen molar-refractivity contribution in [2.24, 2.45) is 0 Å². The number of aryl methyl sites for hydroxylation is 2. The Labute approximate surface area is 140 Å². The van der Waals surface area contributed by atoms with Crippen LogP contribution in [0.3, 0.4) is 0 Å². The van der Waals surface area contributed by atoms with Gasteiger partial charge in [0.1, 0.15) is 5.75 Å². The number of benzene rings is 2. The first-order valence-electron chi connectivity index (χ1n) is 7.70. The highest BCUT2D eigenvalue weighted by molar-refractivity contribution is 5.92. The lowest BCUT2D eigenvalue weighted by atomic mass is 9.91. The maximum absolute atomic E-state index is 10.9. The summed E-state index contributed by atoms with van der Waals surface area (Å²) >= 11 is 0. The molecule has 2 aromatic carbocycles. The Hall–Kier alpha value is -3.01. The molecule has 3 rings (SSSR count). The van der Waals surface area contributed by atoms with Crippen LogP contribution in [0.2, 0.25) is 0 Å². The zero-order chi connectivity index (χ0) is 17.4.